The Labute approximate surface area is 103 Å². The summed E-state index contributed by atoms with van der Waals surface area (Å²) in [4.78, 5) is 2.55. The highest BCUT2D eigenvalue weighted by molar-refractivity contribution is 4.63. The maximum atomic E-state index is 3.55. The normalized spacial score (nSPS) is 11.6. The van der Waals surface area contributed by atoms with E-state index in [0.717, 1.165) is 6.54 Å². The molecule has 2 heteroatoms. The second-order valence-electron chi connectivity index (χ2n) is 4.94. The van der Waals surface area contributed by atoms with Crippen LogP contribution >= 0.6 is 0 Å². The molecule has 0 bridgehead atoms. The standard InChI is InChI=1S/C14H32N2/c1-5-7-8-9-10-15-11-13-16(12-6-2)14(3)4/h14-15H,5-13H2,1-4H3. The van der Waals surface area contributed by atoms with Gasteiger partial charge in [0.2, 0.25) is 0 Å². The van der Waals surface area contributed by atoms with Gasteiger partial charge in [0.25, 0.3) is 0 Å². The first kappa shape index (κ1) is 15.9. The molecule has 2 nitrogen and oxygen atoms in total. The Balaban J connectivity index is 3.33. The molecule has 0 aliphatic carbocycles. The van der Waals surface area contributed by atoms with Crippen molar-refractivity contribution in [3.8, 4) is 0 Å². The Morgan fingerprint density at radius 2 is 1.62 bits per heavy atom. The average Bonchev–Trinajstić information content (AvgIpc) is 2.26. The summed E-state index contributed by atoms with van der Waals surface area (Å²) in [6, 6.07) is 0.682. The lowest BCUT2D eigenvalue weighted by atomic mass is 10.2. The molecule has 0 rings (SSSR count). The number of nitrogens with one attached hydrogen (secondary N) is 1. The van der Waals surface area contributed by atoms with Crippen LogP contribution in [0, 0.1) is 0 Å². The summed E-state index contributed by atoms with van der Waals surface area (Å²) in [5, 5.41) is 3.55. The van der Waals surface area contributed by atoms with Crippen molar-refractivity contribution in [3.05, 3.63) is 0 Å². The van der Waals surface area contributed by atoms with Crippen LogP contribution in [0.3, 0.4) is 0 Å². The molecular formula is C14H32N2. The summed E-state index contributed by atoms with van der Waals surface area (Å²) in [6.45, 7) is 13.9. The molecule has 0 unspecified atom stereocenters. The summed E-state index contributed by atoms with van der Waals surface area (Å²) in [7, 11) is 0. The minimum absolute atomic E-state index is 0.682. The van der Waals surface area contributed by atoms with Crippen molar-refractivity contribution in [2.75, 3.05) is 26.2 Å². The van der Waals surface area contributed by atoms with E-state index >= 15 is 0 Å². The van der Waals surface area contributed by atoms with Gasteiger partial charge in [0.15, 0.2) is 0 Å². The molecule has 0 amide bonds. The predicted octanol–water partition coefficient (Wildman–Crippen LogP) is 3.28. The molecule has 0 saturated carbocycles. The van der Waals surface area contributed by atoms with E-state index in [2.05, 4.69) is 37.9 Å². The molecular weight excluding hydrogens is 196 g/mol. The van der Waals surface area contributed by atoms with Crippen LogP contribution in [0.4, 0.5) is 0 Å². The third-order valence-corrected chi connectivity index (χ3v) is 3.02. The lowest BCUT2D eigenvalue weighted by Gasteiger charge is -2.25. The Morgan fingerprint density at radius 1 is 0.875 bits per heavy atom. The molecule has 0 aliphatic heterocycles. The van der Waals surface area contributed by atoms with Gasteiger partial charge in [0, 0.05) is 19.1 Å². The molecule has 0 spiro atoms. The molecule has 0 atom stereocenters. The first-order valence-electron chi connectivity index (χ1n) is 7.17. The molecule has 0 fully saturated rings. The topological polar surface area (TPSA) is 15.3 Å². The first-order valence-corrected chi connectivity index (χ1v) is 7.17. The van der Waals surface area contributed by atoms with Gasteiger partial charge in [-0.15, -0.1) is 0 Å². The first-order chi connectivity index (χ1) is 7.72. The van der Waals surface area contributed by atoms with Gasteiger partial charge in [-0.25, -0.2) is 0 Å². The van der Waals surface area contributed by atoms with Gasteiger partial charge >= 0.3 is 0 Å². The van der Waals surface area contributed by atoms with Crippen LogP contribution in [0.5, 0.6) is 0 Å². The maximum Gasteiger partial charge on any atom is 0.0110 e. The van der Waals surface area contributed by atoms with E-state index in [-0.39, 0.29) is 0 Å². The van der Waals surface area contributed by atoms with E-state index in [0.29, 0.717) is 6.04 Å². The highest BCUT2D eigenvalue weighted by Crippen LogP contribution is 1.99. The molecule has 0 heterocycles. The van der Waals surface area contributed by atoms with Gasteiger partial charge in [-0.1, -0.05) is 33.1 Å². The summed E-state index contributed by atoms with van der Waals surface area (Å²) in [5.74, 6) is 0. The summed E-state index contributed by atoms with van der Waals surface area (Å²) >= 11 is 0. The molecule has 0 aliphatic rings. The Morgan fingerprint density at radius 3 is 2.19 bits per heavy atom. The van der Waals surface area contributed by atoms with Crippen molar-refractivity contribution in [2.24, 2.45) is 0 Å². The van der Waals surface area contributed by atoms with E-state index in [1.54, 1.807) is 0 Å². The van der Waals surface area contributed by atoms with Gasteiger partial charge in [-0.05, 0) is 39.8 Å². The van der Waals surface area contributed by atoms with Crippen molar-refractivity contribution < 1.29 is 0 Å². The van der Waals surface area contributed by atoms with Crippen molar-refractivity contribution in [1.82, 2.24) is 10.2 Å². The zero-order chi connectivity index (χ0) is 12.2. The van der Waals surface area contributed by atoms with Crippen molar-refractivity contribution in [3.63, 3.8) is 0 Å². The number of rotatable bonds is 11. The SMILES string of the molecule is CCCCCCNCCN(CCC)C(C)C. The number of hydrogen-bond acceptors (Lipinski definition) is 2. The zero-order valence-corrected chi connectivity index (χ0v) is 11.9. The van der Waals surface area contributed by atoms with Crippen LogP contribution in [-0.4, -0.2) is 37.1 Å². The highest BCUT2D eigenvalue weighted by atomic mass is 15.2. The second-order valence-corrected chi connectivity index (χ2v) is 4.94. The van der Waals surface area contributed by atoms with E-state index in [1.165, 1.54) is 51.7 Å². The Hall–Kier alpha value is -0.0800. The average molecular weight is 228 g/mol. The molecule has 0 aromatic heterocycles. The predicted molar refractivity (Wildman–Crippen MR) is 74.0 cm³/mol. The fourth-order valence-electron chi connectivity index (χ4n) is 1.94. The minimum Gasteiger partial charge on any atom is -0.315 e. The molecule has 0 aromatic rings. The molecule has 98 valence electrons. The maximum absolute atomic E-state index is 3.55. The van der Waals surface area contributed by atoms with Crippen LogP contribution < -0.4 is 5.32 Å². The molecule has 1 N–H and O–H groups in total. The van der Waals surface area contributed by atoms with Crippen LogP contribution in [0.15, 0.2) is 0 Å². The van der Waals surface area contributed by atoms with E-state index in [9.17, 15) is 0 Å². The van der Waals surface area contributed by atoms with E-state index < -0.39 is 0 Å². The minimum atomic E-state index is 0.682. The van der Waals surface area contributed by atoms with Gasteiger partial charge in [-0.2, -0.15) is 0 Å². The van der Waals surface area contributed by atoms with Crippen LogP contribution in [0.2, 0.25) is 0 Å². The Kier molecular flexibility index (Phi) is 11.3. The summed E-state index contributed by atoms with van der Waals surface area (Å²) in [5.41, 5.74) is 0. The third kappa shape index (κ3) is 9.17. The monoisotopic (exact) mass is 228 g/mol. The smallest absolute Gasteiger partial charge is 0.0110 e. The largest absolute Gasteiger partial charge is 0.315 e. The van der Waals surface area contributed by atoms with E-state index in [4.69, 9.17) is 0 Å². The number of nitrogens with zero attached hydrogens (tertiary/aromatic N) is 1. The summed E-state index contributed by atoms with van der Waals surface area (Å²) < 4.78 is 0. The Bertz CT molecular complexity index is 135. The van der Waals surface area contributed by atoms with Crippen LogP contribution in [0.25, 0.3) is 0 Å². The quantitative estimate of drug-likeness (QED) is 0.546. The van der Waals surface area contributed by atoms with Gasteiger partial charge < -0.3 is 5.32 Å². The number of hydrogen-bond donors (Lipinski definition) is 1. The van der Waals surface area contributed by atoms with Crippen molar-refractivity contribution in [2.45, 2.75) is 65.8 Å². The van der Waals surface area contributed by atoms with Gasteiger partial charge in [0.05, 0.1) is 0 Å². The molecule has 16 heavy (non-hydrogen) atoms. The van der Waals surface area contributed by atoms with Gasteiger partial charge in [0.1, 0.15) is 0 Å². The fourth-order valence-corrected chi connectivity index (χ4v) is 1.94. The molecule has 0 radical (unpaired) electrons. The van der Waals surface area contributed by atoms with Crippen LogP contribution in [0.1, 0.15) is 59.8 Å². The van der Waals surface area contributed by atoms with Crippen LogP contribution in [-0.2, 0) is 0 Å². The fraction of sp³-hybridized carbons (Fsp3) is 1.00. The zero-order valence-electron chi connectivity index (χ0n) is 11.9. The lowest BCUT2D eigenvalue weighted by Crippen LogP contribution is -2.37. The number of unbranched alkanes of at least 4 members (excludes halogenated alkanes) is 3. The molecule has 0 saturated heterocycles. The van der Waals surface area contributed by atoms with Gasteiger partial charge in [-0.3, -0.25) is 4.90 Å². The highest BCUT2D eigenvalue weighted by Gasteiger charge is 2.06. The van der Waals surface area contributed by atoms with E-state index in [1.807, 2.05) is 0 Å². The van der Waals surface area contributed by atoms with Crippen molar-refractivity contribution >= 4 is 0 Å². The lowest BCUT2D eigenvalue weighted by molar-refractivity contribution is 0.222. The second kappa shape index (κ2) is 11.4. The summed E-state index contributed by atoms with van der Waals surface area (Å²) in [6.07, 6.45) is 6.69. The third-order valence-electron chi connectivity index (χ3n) is 3.02. The van der Waals surface area contributed by atoms with Crippen molar-refractivity contribution in [1.29, 1.82) is 0 Å². The molecule has 0 aromatic carbocycles.